The summed E-state index contributed by atoms with van der Waals surface area (Å²) in [4.78, 5) is 0. The Labute approximate surface area is 78.1 Å². The van der Waals surface area contributed by atoms with Crippen LogP contribution in [0.5, 0.6) is 0 Å². The van der Waals surface area contributed by atoms with Crippen molar-refractivity contribution >= 4 is 0 Å². The molecule has 0 aliphatic rings. The lowest BCUT2D eigenvalue weighted by atomic mass is 10.0. The van der Waals surface area contributed by atoms with Crippen LogP contribution in [-0.4, -0.2) is 0 Å². The molecule has 0 fully saturated rings. The average Bonchev–Trinajstić information content (AvgIpc) is 2.10. The molecule has 0 heterocycles. The summed E-state index contributed by atoms with van der Waals surface area (Å²) >= 11 is 0. The van der Waals surface area contributed by atoms with Crippen LogP contribution in [0.25, 0.3) is 0 Å². The van der Waals surface area contributed by atoms with E-state index >= 15 is 0 Å². The van der Waals surface area contributed by atoms with Gasteiger partial charge in [0.05, 0.1) is 0 Å². The molecule has 0 saturated heterocycles. The van der Waals surface area contributed by atoms with Gasteiger partial charge in [-0.25, -0.2) is 0 Å². The standard InChI is InChI=1S/C12H24/c1-5-7-9-11(3)12(4)10-8-6-2/h5-10H2,1-4H3. The zero-order chi connectivity index (χ0) is 9.40. The quantitative estimate of drug-likeness (QED) is 0.504. The molecule has 0 aliphatic heterocycles. The Balaban J connectivity index is 3.72. The van der Waals surface area contributed by atoms with Crippen molar-refractivity contribution in [3.8, 4) is 0 Å². The maximum Gasteiger partial charge on any atom is -0.0321 e. The van der Waals surface area contributed by atoms with E-state index in [4.69, 9.17) is 0 Å². The lowest BCUT2D eigenvalue weighted by molar-refractivity contribution is 0.745. The molecule has 0 radical (unpaired) electrons. The largest absolute Gasteiger partial charge is 0.0744 e. The molecular formula is C12H24. The van der Waals surface area contributed by atoms with Gasteiger partial charge in [0.1, 0.15) is 0 Å². The first-order valence-corrected chi connectivity index (χ1v) is 5.37. The molecule has 0 aliphatic carbocycles. The van der Waals surface area contributed by atoms with Crippen molar-refractivity contribution in [1.29, 1.82) is 0 Å². The molecule has 0 spiro atoms. The molecule has 0 bridgehead atoms. The van der Waals surface area contributed by atoms with E-state index in [2.05, 4.69) is 27.7 Å². The van der Waals surface area contributed by atoms with Crippen LogP contribution >= 0.6 is 0 Å². The second-order valence-corrected chi connectivity index (χ2v) is 3.77. The highest BCUT2D eigenvalue weighted by atomic mass is 14.0. The van der Waals surface area contributed by atoms with Gasteiger partial charge in [0.15, 0.2) is 0 Å². The van der Waals surface area contributed by atoms with Gasteiger partial charge < -0.3 is 0 Å². The molecule has 0 amide bonds. The Hall–Kier alpha value is -0.260. The van der Waals surface area contributed by atoms with Gasteiger partial charge in [0.25, 0.3) is 0 Å². The van der Waals surface area contributed by atoms with Gasteiger partial charge in [-0.05, 0) is 39.5 Å². The summed E-state index contributed by atoms with van der Waals surface area (Å²) in [5.74, 6) is 0. The molecule has 12 heavy (non-hydrogen) atoms. The lowest BCUT2D eigenvalue weighted by Gasteiger charge is -2.06. The number of hydrogen-bond acceptors (Lipinski definition) is 0. The van der Waals surface area contributed by atoms with E-state index in [1.54, 1.807) is 11.1 Å². The number of hydrogen-bond donors (Lipinski definition) is 0. The first kappa shape index (κ1) is 11.7. The van der Waals surface area contributed by atoms with Crippen LogP contribution in [0.2, 0.25) is 0 Å². The highest BCUT2D eigenvalue weighted by Crippen LogP contribution is 2.16. The van der Waals surface area contributed by atoms with E-state index in [1.165, 1.54) is 38.5 Å². The summed E-state index contributed by atoms with van der Waals surface area (Å²) in [6.45, 7) is 9.10. The Morgan fingerprint density at radius 3 is 1.33 bits per heavy atom. The van der Waals surface area contributed by atoms with E-state index in [-0.39, 0.29) is 0 Å². The molecule has 0 aromatic carbocycles. The monoisotopic (exact) mass is 168 g/mol. The van der Waals surface area contributed by atoms with E-state index in [1.807, 2.05) is 0 Å². The molecule has 0 unspecified atom stereocenters. The van der Waals surface area contributed by atoms with Gasteiger partial charge in [-0.1, -0.05) is 37.8 Å². The minimum Gasteiger partial charge on any atom is -0.0744 e. The van der Waals surface area contributed by atoms with E-state index in [9.17, 15) is 0 Å². The SMILES string of the molecule is CCCCC(C)=C(C)CCCC. The summed E-state index contributed by atoms with van der Waals surface area (Å²) in [5.41, 5.74) is 3.26. The van der Waals surface area contributed by atoms with Crippen LogP contribution in [0.4, 0.5) is 0 Å². The summed E-state index contributed by atoms with van der Waals surface area (Å²) < 4.78 is 0. The molecule has 0 atom stereocenters. The van der Waals surface area contributed by atoms with Crippen molar-refractivity contribution in [2.45, 2.75) is 66.2 Å². The first-order valence-electron chi connectivity index (χ1n) is 5.37. The predicted octanol–water partition coefficient (Wildman–Crippen LogP) is 4.70. The fraction of sp³-hybridized carbons (Fsp3) is 0.833. The molecule has 72 valence electrons. The zero-order valence-corrected chi connectivity index (χ0v) is 9.24. The predicted molar refractivity (Wildman–Crippen MR) is 57.4 cm³/mol. The van der Waals surface area contributed by atoms with Crippen molar-refractivity contribution in [1.82, 2.24) is 0 Å². The molecule has 0 rings (SSSR count). The molecular weight excluding hydrogens is 144 g/mol. The maximum atomic E-state index is 2.29. The highest BCUT2D eigenvalue weighted by molar-refractivity contribution is 5.09. The third-order valence-electron chi connectivity index (χ3n) is 2.54. The van der Waals surface area contributed by atoms with Crippen molar-refractivity contribution < 1.29 is 0 Å². The van der Waals surface area contributed by atoms with Crippen molar-refractivity contribution in [2.75, 3.05) is 0 Å². The summed E-state index contributed by atoms with van der Waals surface area (Å²) in [5, 5.41) is 0. The van der Waals surface area contributed by atoms with E-state index in [0.29, 0.717) is 0 Å². The van der Waals surface area contributed by atoms with Gasteiger partial charge in [-0.2, -0.15) is 0 Å². The zero-order valence-electron chi connectivity index (χ0n) is 9.24. The van der Waals surface area contributed by atoms with Gasteiger partial charge in [0, 0.05) is 0 Å². The van der Waals surface area contributed by atoms with Gasteiger partial charge in [0.2, 0.25) is 0 Å². The van der Waals surface area contributed by atoms with Crippen molar-refractivity contribution in [3.05, 3.63) is 11.1 Å². The minimum atomic E-state index is 1.31. The average molecular weight is 168 g/mol. The molecule has 0 heteroatoms. The lowest BCUT2D eigenvalue weighted by Crippen LogP contribution is -1.85. The minimum absolute atomic E-state index is 1.31. The van der Waals surface area contributed by atoms with Crippen molar-refractivity contribution in [3.63, 3.8) is 0 Å². The van der Waals surface area contributed by atoms with Gasteiger partial charge >= 0.3 is 0 Å². The number of allylic oxidation sites excluding steroid dienone is 2. The fourth-order valence-corrected chi connectivity index (χ4v) is 1.31. The Morgan fingerprint density at radius 1 is 0.750 bits per heavy atom. The Bertz CT molecular complexity index is 115. The third kappa shape index (κ3) is 5.40. The van der Waals surface area contributed by atoms with Crippen LogP contribution in [0.1, 0.15) is 66.2 Å². The topological polar surface area (TPSA) is 0 Å². The Morgan fingerprint density at radius 2 is 1.08 bits per heavy atom. The maximum absolute atomic E-state index is 2.29. The number of unbranched alkanes of at least 4 members (excludes halogenated alkanes) is 2. The smallest absolute Gasteiger partial charge is 0.0321 e. The second-order valence-electron chi connectivity index (χ2n) is 3.77. The highest BCUT2D eigenvalue weighted by Gasteiger charge is 1.95. The Kier molecular flexibility index (Phi) is 7.23. The van der Waals surface area contributed by atoms with Crippen LogP contribution in [0, 0.1) is 0 Å². The van der Waals surface area contributed by atoms with Crippen LogP contribution in [-0.2, 0) is 0 Å². The molecule has 0 saturated carbocycles. The molecule has 0 N–H and O–H groups in total. The van der Waals surface area contributed by atoms with Gasteiger partial charge in [-0.3, -0.25) is 0 Å². The summed E-state index contributed by atoms with van der Waals surface area (Å²) in [6.07, 6.45) is 7.97. The van der Waals surface area contributed by atoms with E-state index < -0.39 is 0 Å². The van der Waals surface area contributed by atoms with Crippen LogP contribution in [0.3, 0.4) is 0 Å². The first-order chi connectivity index (χ1) is 5.72. The van der Waals surface area contributed by atoms with E-state index in [0.717, 1.165) is 0 Å². The summed E-state index contributed by atoms with van der Waals surface area (Å²) in [7, 11) is 0. The van der Waals surface area contributed by atoms with Crippen molar-refractivity contribution in [2.24, 2.45) is 0 Å². The number of rotatable bonds is 6. The van der Waals surface area contributed by atoms with Gasteiger partial charge in [-0.15, -0.1) is 0 Å². The normalized spacial score (nSPS) is 13.0. The van der Waals surface area contributed by atoms with Crippen LogP contribution < -0.4 is 0 Å². The third-order valence-corrected chi connectivity index (χ3v) is 2.54. The van der Waals surface area contributed by atoms with Crippen LogP contribution in [0.15, 0.2) is 11.1 Å². The molecule has 0 aromatic rings. The second kappa shape index (κ2) is 7.39. The molecule has 0 aromatic heterocycles. The fourth-order valence-electron chi connectivity index (χ4n) is 1.31. The summed E-state index contributed by atoms with van der Waals surface area (Å²) in [6, 6.07) is 0. The molecule has 0 nitrogen and oxygen atoms in total.